The van der Waals surface area contributed by atoms with Gasteiger partial charge in [0.05, 0.1) is 0 Å². The number of nitrogens with two attached hydrogens (primary N) is 1. The van der Waals surface area contributed by atoms with E-state index in [2.05, 4.69) is 5.10 Å². The lowest BCUT2D eigenvalue weighted by Gasteiger charge is -2.04. The Morgan fingerprint density at radius 2 is 1.94 bits per heavy atom. The molecule has 88 valence electrons. The normalized spacial score (nSPS) is 10.4. The topological polar surface area (TPSA) is 60.9 Å². The number of aryl methyl sites for hydroxylation is 2. The molecule has 0 aliphatic carbocycles. The summed E-state index contributed by atoms with van der Waals surface area (Å²) in [6, 6.07) is 7.63. The van der Waals surface area contributed by atoms with Crippen LogP contribution in [0.5, 0.6) is 0 Å². The molecule has 0 saturated carbocycles. The fourth-order valence-corrected chi connectivity index (χ4v) is 1.51. The van der Waals surface area contributed by atoms with E-state index < -0.39 is 0 Å². The molecule has 0 amide bonds. The van der Waals surface area contributed by atoms with Crippen LogP contribution in [-0.2, 0) is 13.0 Å². The van der Waals surface area contributed by atoms with Crippen LogP contribution < -0.4 is 11.3 Å². The molecule has 1 heterocycles. The summed E-state index contributed by atoms with van der Waals surface area (Å²) < 4.78 is 14.0. The summed E-state index contributed by atoms with van der Waals surface area (Å²) in [5, 5.41) is 3.92. The Kier molecular flexibility index (Phi) is 3.18. The molecule has 5 heteroatoms. The average molecular weight is 233 g/mol. The van der Waals surface area contributed by atoms with Crippen molar-refractivity contribution in [2.45, 2.75) is 13.0 Å². The number of hydrogen-bond acceptors (Lipinski definition) is 3. The second-order valence-electron chi connectivity index (χ2n) is 3.69. The number of nitrogens with zero attached hydrogens (tertiary/aromatic N) is 2. The summed E-state index contributed by atoms with van der Waals surface area (Å²) in [5.74, 6) is -0.270. The lowest BCUT2D eigenvalue weighted by atomic mass is 10.1. The molecule has 0 aliphatic heterocycles. The fourth-order valence-electron chi connectivity index (χ4n) is 1.51. The van der Waals surface area contributed by atoms with Crippen molar-refractivity contribution in [3.8, 4) is 0 Å². The average Bonchev–Trinajstić information content (AvgIpc) is 2.33. The molecular weight excluding hydrogens is 221 g/mol. The third-order valence-corrected chi connectivity index (χ3v) is 2.47. The van der Waals surface area contributed by atoms with Crippen molar-refractivity contribution in [3.05, 3.63) is 58.3 Å². The summed E-state index contributed by atoms with van der Waals surface area (Å²) in [6.07, 6.45) is 2.10. The van der Waals surface area contributed by atoms with E-state index in [-0.39, 0.29) is 17.1 Å². The van der Waals surface area contributed by atoms with Crippen LogP contribution in [0.15, 0.2) is 41.3 Å². The Morgan fingerprint density at radius 3 is 2.65 bits per heavy atom. The van der Waals surface area contributed by atoms with Gasteiger partial charge in [0.25, 0.3) is 5.56 Å². The van der Waals surface area contributed by atoms with Crippen molar-refractivity contribution >= 4 is 5.69 Å². The number of halogens is 1. The maximum absolute atomic E-state index is 12.7. The van der Waals surface area contributed by atoms with E-state index in [1.54, 1.807) is 12.1 Å². The van der Waals surface area contributed by atoms with E-state index in [9.17, 15) is 9.18 Å². The number of benzene rings is 1. The lowest BCUT2D eigenvalue weighted by Crippen LogP contribution is -2.25. The van der Waals surface area contributed by atoms with Crippen molar-refractivity contribution in [2.75, 3.05) is 5.73 Å². The standard InChI is InChI=1S/C12H12FN3O/c13-10-3-1-9(2-4-10)6-8-16-12(17)11(14)5-7-15-16/h1-5,7H,6,8,14H2. The molecule has 0 radical (unpaired) electrons. The number of aromatic nitrogens is 2. The highest BCUT2D eigenvalue weighted by Crippen LogP contribution is 2.04. The molecule has 0 spiro atoms. The van der Waals surface area contributed by atoms with Crippen molar-refractivity contribution in [1.29, 1.82) is 0 Å². The first-order valence-corrected chi connectivity index (χ1v) is 5.23. The monoisotopic (exact) mass is 233 g/mol. The molecule has 17 heavy (non-hydrogen) atoms. The Balaban J connectivity index is 2.10. The highest BCUT2D eigenvalue weighted by Gasteiger charge is 2.01. The van der Waals surface area contributed by atoms with Gasteiger partial charge in [0, 0.05) is 12.7 Å². The van der Waals surface area contributed by atoms with Gasteiger partial charge in [-0.2, -0.15) is 5.10 Å². The quantitative estimate of drug-likeness (QED) is 0.866. The van der Waals surface area contributed by atoms with Crippen molar-refractivity contribution < 1.29 is 4.39 Å². The molecule has 4 nitrogen and oxygen atoms in total. The molecule has 2 aromatic rings. The molecule has 0 bridgehead atoms. The zero-order valence-corrected chi connectivity index (χ0v) is 9.14. The fraction of sp³-hybridized carbons (Fsp3) is 0.167. The first kappa shape index (κ1) is 11.3. The SMILES string of the molecule is Nc1ccnn(CCc2ccc(F)cc2)c1=O. The third-order valence-electron chi connectivity index (χ3n) is 2.47. The number of nitrogen functional groups attached to an aromatic ring is 1. The zero-order valence-electron chi connectivity index (χ0n) is 9.14. The summed E-state index contributed by atoms with van der Waals surface area (Å²) in [5.41, 5.74) is 6.32. The molecule has 0 atom stereocenters. The molecular formula is C12H12FN3O. The number of anilines is 1. The Morgan fingerprint density at radius 1 is 1.24 bits per heavy atom. The molecule has 0 saturated heterocycles. The van der Waals surface area contributed by atoms with Gasteiger partial charge in [-0.1, -0.05) is 12.1 Å². The summed E-state index contributed by atoms with van der Waals surface area (Å²) in [4.78, 5) is 11.6. The van der Waals surface area contributed by atoms with Gasteiger partial charge in [-0.05, 0) is 30.2 Å². The summed E-state index contributed by atoms with van der Waals surface area (Å²) in [7, 11) is 0. The van der Waals surface area contributed by atoms with Gasteiger partial charge in [0.15, 0.2) is 0 Å². The van der Waals surface area contributed by atoms with Gasteiger partial charge < -0.3 is 5.73 Å². The van der Waals surface area contributed by atoms with E-state index in [0.717, 1.165) is 5.56 Å². The number of hydrogen-bond donors (Lipinski definition) is 1. The van der Waals surface area contributed by atoms with Crippen molar-refractivity contribution in [3.63, 3.8) is 0 Å². The van der Waals surface area contributed by atoms with Gasteiger partial charge in [0.1, 0.15) is 11.5 Å². The zero-order chi connectivity index (χ0) is 12.3. The van der Waals surface area contributed by atoms with Gasteiger partial charge in [-0.25, -0.2) is 9.07 Å². The highest BCUT2D eigenvalue weighted by molar-refractivity contribution is 5.31. The van der Waals surface area contributed by atoms with E-state index in [4.69, 9.17) is 5.73 Å². The molecule has 2 rings (SSSR count). The van der Waals surface area contributed by atoms with E-state index in [1.165, 1.54) is 29.1 Å². The van der Waals surface area contributed by atoms with Crippen LogP contribution in [0.3, 0.4) is 0 Å². The minimum absolute atomic E-state index is 0.180. The van der Waals surface area contributed by atoms with Crippen LogP contribution >= 0.6 is 0 Å². The minimum atomic E-state index is -0.297. The second-order valence-corrected chi connectivity index (χ2v) is 3.69. The van der Waals surface area contributed by atoms with Crippen LogP contribution in [0.4, 0.5) is 10.1 Å². The summed E-state index contributed by atoms with van der Waals surface area (Å²) >= 11 is 0. The molecule has 0 unspecified atom stereocenters. The Bertz CT molecular complexity index is 563. The number of rotatable bonds is 3. The van der Waals surface area contributed by atoms with Gasteiger partial charge in [-0.3, -0.25) is 4.79 Å². The Labute approximate surface area is 97.5 Å². The summed E-state index contributed by atoms with van der Waals surface area (Å²) in [6.45, 7) is 0.426. The lowest BCUT2D eigenvalue weighted by molar-refractivity contribution is 0.578. The highest BCUT2D eigenvalue weighted by atomic mass is 19.1. The van der Waals surface area contributed by atoms with Gasteiger partial charge >= 0.3 is 0 Å². The van der Waals surface area contributed by atoms with E-state index in [1.807, 2.05) is 0 Å². The smallest absolute Gasteiger partial charge is 0.289 e. The van der Waals surface area contributed by atoms with Crippen LogP contribution in [0, 0.1) is 5.82 Å². The van der Waals surface area contributed by atoms with Crippen molar-refractivity contribution in [1.82, 2.24) is 9.78 Å². The second kappa shape index (κ2) is 4.78. The maximum atomic E-state index is 12.7. The predicted octanol–water partition coefficient (Wildman–Crippen LogP) is 1.21. The van der Waals surface area contributed by atoms with E-state index in [0.29, 0.717) is 13.0 Å². The molecule has 2 N–H and O–H groups in total. The third kappa shape index (κ3) is 2.69. The van der Waals surface area contributed by atoms with Gasteiger partial charge in [-0.15, -0.1) is 0 Å². The Hall–Kier alpha value is -2.17. The largest absolute Gasteiger partial charge is 0.394 e. The van der Waals surface area contributed by atoms with Crippen LogP contribution in [0.25, 0.3) is 0 Å². The molecule has 1 aromatic carbocycles. The molecule has 0 fully saturated rings. The predicted molar refractivity (Wildman–Crippen MR) is 63.0 cm³/mol. The molecule has 1 aromatic heterocycles. The first-order chi connectivity index (χ1) is 8.16. The van der Waals surface area contributed by atoms with Crippen LogP contribution in [-0.4, -0.2) is 9.78 Å². The first-order valence-electron chi connectivity index (χ1n) is 5.23. The maximum Gasteiger partial charge on any atom is 0.289 e. The van der Waals surface area contributed by atoms with Crippen LogP contribution in [0.2, 0.25) is 0 Å². The van der Waals surface area contributed by atoms with Crippen LogP contribution in [0.1, 0.15) is 5.56 Å². The minimum Gasteiger partial charge on any atom is -0.394 e. The van der Waals surface area contributed by atoms with E-state index >= 15 is 0 Å². The molecule has 0 aliphatic rings. The van der Waals surface area contributed by atoms with Gasteiger partial charge in [0.2, 0.25) is 0 Å². The van der Waals surface area contributed by atoms with Crippen molar-refractivity contribution in [2.24, 2.45) is 0 Å².